The third-order valence-electron chi connectivity index (χ3n) is 9.69. The van der Waals surface area contributed by atoms with Crippen molar-refractivity contribution in [1.82, 2.24) is 0 Å². The van der Waals surface area contributed by atoms with Crippen LogP contribution in [-0.2, 0) is 21.1 Å². The minimum absolute atomic E-state index is 0. The van der Waals surface area contributed by atoms with Crippen molar-refractivity contribution in [3.63, 3.8) is 0 Å². The maximum absolute atomic E-state index is 12.9. The number of rotatable bonds is 6. The molecule has 0 spiro atoms. The Morgan fingerprint density at radius 1 is 0.714 bits per heavy atom. The van der Waals surface area contributed by atoms with Crippen LogP contribution in [0.2, 0.25) is 0 Å². The summed E-state index contributed by atoms with van der Waals surface area (Å²) in [5.74, 6) is -0.0954. The summed E-state index contributed by atoms with van der Waals surface area (Å²) in [5.41, 5.74) is 13.5. The van der Waals surface area contributed by atoms with E-state index in [4.69, 9.17) is 0 Å². The number of para-hydroxylation sites is 2. The van der Waals surface area contributed by atoms with Gasteiger partial charge in [-0.1, -0.05) is 67.2 Å². The van der Waals surface area contributed by atoms with Crippen LogP contribution in [0.3, 0.4) is 0 Å². The second kappa shape index (κ2) is 16.3. The monoisotopic (exact) mass is 829 g/mol. The molecule has 0 saturated carbocycles. The van der Waals surface area contributed by atoms with E-state index >= 15 is 0 Å². The molecule has 5 aromatic carbocycles. The normalized spacial score (nSPS) is 14.2. The Hall–Kier alpha value is -4.40. The average Bonchev–Trinajstić information content (AvgIpc) is 3.54. The molecule has 254 valence electrons. The third kappa shape index (κ3) is 8.09. The van der Waals surface area contributed by atoms with E-state index < -0.39 is 0 Å². The molecule has 49 heavy (non-hydrogen) atoms. The molecule has 4 nitrogen and oxygen atoms in total. The van der Waals surface area contributed by atoms with Crippen LogP contribution in [0.4, 0.5) is 11.4 Å². The Morgan fingerprint density at radius 2 is 1.20 bits per heavy atom. The van der Waals surface area contributed by atoms with Crippen LogP contribution in [0.1, 0.15) is 72.2 Å². The van der Waals surface area contributed by atoms with Crippen LogP contribution in [0.25, 0.3) is 5.76 Å². The van der Waals surface area contributed by atoms with Gasteiger partial charge >= 0.3 is 21.1 Å². The Bertz CT molecular complexity index is 1840. The summed E-state index contributed by atoms with van der Waals surface area (Å²) in [4.78, 5) is 17.7. The molecule has 1 aliphatic rings. The van der Waals surface area contributed by atoms with Crippen LogP contribution in [0, 0.1) is 68.0 Å². The molecule has 0 amide bonds. The Kier molecular flexibility index (Phi) is 12.5. The summed E-state index contributed by atoms with van der Waals surface area (Å²) in [6.45, 7) is 19.1. The number of aryl methyl sites for hydroxylation is 4. The summed E-state index contributed by atoms with van der Waals surface area (Å²) in [6.07, 6.45) is 1.53. The van der Waals surface area contributed by atoms with E-state index in [1.165, 1.54) is 17.3 Å². The molecule has 0 radical (unpaired) electrons. The predicted molar refractivity (Wildman–Crippen MR) is 201 cm³/mol. The van der Waals surface area contributed by atoms with Gasteiger partial charge in [-0.2, -0.15) is 30.3 Å². The second-order valence-corrected chi connectivity index (χ2v) is 12.8. The zero-order chi connectivity index (χ0) is 34.5. The van der Waals surface area contributed by atoms with Gasteiger partial charge in [0.05, 0.1) is 6.17 Å². The zero-order valence-corrected chi connectivity index (χ0v) is 32.0. The first-order chi connectivity index (χ1) is 23.0. The SMILES string of the molecule is Cc1cc(C)c(C)c(C(=O)/C=C(\O)c2c(C)c(C)cc(C)c2C)c1C.[Pt+2].[c-]1ccccc1N1[CH-]CN(c2ccccc2)C1c1ccccc1. The summed E-state index contributed by atoms with van der Waals surface area (Å²) in [7, 11) is 0. The number of hydrogen-bond acceptors (Lipinski definition) is 4. The fourth-order valence-corrected chi connectivity index (χ4v) is 6.59. The molecule has 1 fully saturated rings. The average molecular weight is 830 g/mol. The van der Waals surface area contributed by atoms with E-state index in [1.807, 2.05) is 67.5 Å². The van der Waals surface area contributed by atoms with Crippen molar-refractivity contribution in [2.75, 3.05) is 16.3 Å². The molecular formula is C44H46N2O2Pt. The fraction of sp³-hybridized carbons (Fsp3) is 0.227. The van der Waals surface area contributed by atoms with Crippen molar-refractivity contribution in [2.45, 2.75) is 61.6 Å². The molecule has 0 bridgehead atoms. The molecule has 1 unspecified atom stereocenters. The number of carbonyl (C=O) groups is 1. The second-order valence-electron chi connectivity index (χ2n) is 12.8. The Balaban J connectivity index is 0.000000217. The summed E-state index contributed by atoms with van der Waals surface area (Å²) in [6, 6.07) is 36.9. The first-order valence-corrected chi connectivity index (χ1v) is 16.5. The van der Waals surface area contributed by atoms with E-state index in [-0.39, 0.29) is 38.8 Å². The molecule has 5 aromatic rings. The number of allylic oxidation sites excluding steroid dienone is 1. The van der Waals surface area contributed by atoms with Gasteiger partial charge in [-0.25, -0.2) is 6.54 Å². The van der Waals surface area contributed by atoms with Crippen LogP contribution >= 0.6 is 0 Å². The maximum atomic E-state index is 12.9. The summed E-state index contributed by atoms with van der Waals surface area (Å²) < 4.78 is 0. The van der Waals surface area contributed by atoms with Gasteiger partial charge in [0.15, 0.2) is 5.78 Å². The minimum Gasteiger partial charge on any atom is -0.519 e. The van der Waals surface area contributed by atoms with Crippen molar-refractivity contribution >= 4 is 22.9 Å². The van der Waals surface area contributed by atoms with E-state index in [2.05, 4.69) is 107 Å². The van der Waals surface area contributed by atoms with Gasteiger partial charge in [0.1, 0.15) is 5.76 Å². The first-order valence-electron chi connectivity index (χ1n) is 16.5. The molecule has 6 rings (SSSR count). The number of hydrogen-bond donors (Lipinski definition) is 1. The smallest absolute Gasteiger partial charge is 0.519 e. The number of carbonyl (C=O) groups excluding carboxylic acids is 1. The predicted octanol–water partition coefficient (Wildman–Crippen LogP) is 10.6. The Morgan fingerprint density at radius 3 is 1.71 bits per heavy atom. The van der Waals surface area contributed by atoms with Crippen LogP contribution in [0.5, 0.6) is 0 Å². The molecule has 1 N–H and O–H groups in total. The molecule has 0 aromatic heterocycles. The van der Waals surface area contributed by atoms with Crippen molar-refractivity contribution in [3.05, 3.63) is 177 Å². The Labute approximate surface area is 307 Å². The molecule has 5 heteroatoms. The molecule has 1 atom stereocenters. The van der Waals surface area contributed by atoms with E-state index in [1.54, 1.807) is 0 Å². The van der Waals surface area contributed by atoms with Crippen LogP contribution in [0.15, 0.2) is 103 Å². The van der Waals surface area contributed by atoms with Gasteiger partial charge < -0.3 is 14.9 Å². The zero-order valence-electron chi connectivity index (χ0n) is 29.7. The number of nitrogens with zero attached hydrogens (tertiary/aromatic N) is 2. The maximum Gasteiger partial charge on any atom is 2.00 e. The molecule has 1 heterocycles. The number of benzene rings is 5. The fourth-order valence-electron chi connectivity index (χ4n) is 6.59. The topological polar surface area (TPSA) is 43.8 Å². The summed E-state index contributed by atoms with van der Waals surface area (Å²) >= 11 is 0. The molecule has 1 saturated heterocycles. The van der Waals surface area contributed by atoms with E-state index in [0.29, 0.717) is 5.56 Å². The van der Waals surface area contributed by atoms with Gasteiger partial charge in [-0.05, 0) is 118 Å². The number of aliphatic hydroxyl groups excluding tert-OH is 1. The van der Waals surface area contributed by atoms with Crippen molar-refractivity contribution in [2.24, 2.45) is 0 Å². The van der Waals surface area contributed by atoms with Crippen molar-refractivity contribution < 1.29 is 31.0 Å². The molecule has 1 aliphatic heterocycles. The minimum atomic E-state index is -0.141. The van der Waals surface area contributed by atoms with Crippen LogP contribution < -0.4 is 9.80 Å². The van der Waals surface area contributed by atoms with Crippen LogP contribution in [-0.4, -0.2) is 17.4 Å². The molecule has 0 aliphatic carbocycles. The standard InChI is InChI=1S/C23H28O2.C21H18N2.Pt/c1-12-9-13(2)17(6)22(16(12)5)20(24)11-21(25)23-18(7)14(3)10-15(4)19(23)8;1-4-10-18(11-5-1)21-22(19-12-6-2-7-13-19)16-17-23(21)20-14-8-3-9-15-20;/h9-11,24H,1-8H3;1-14,17,21H,16H2;/q;-2;+2/b20-11-;;. The van der Waals surface area contributed by atoms with E-state index in [9.17, 15) is 9.90 Å². The first kappa shape index (κ1) is 37.4. The summed E-state index contributed by atoms with van der Waals surface area (Å²) in [5, 5.41) is 10.7. The molecular weight excluding hydrogens is 784 g/mol. The van der Waals surface area contributed by atoms with Crippen molar-refractivity contribution in [1.29, 1.82) is 0 Å². The number of anilines is 2. The van der Waals surface area contributed by atoms with Gasteiger partial charge in [0.25, 0.3) is 0 Å². The van der Waals surface area contributed by atoms with Gasteiger partial charge in [-0.3, -0.25) is 4.79 Å². The quantitative estimate of drug-likeness (QED) is 0.0801. The third-order valence-corrected chi connectivity index (χ3v) is 9.69. The largest absolute Gasteiger partial charge is 2.00 e. The van der Waals surface area contributed by atoms with Crippen molar-refractivity contribution in [3.8, 4) is 0 Å². The number of ketones is 1. The van der Waals surface area contributed by atoms with Gasteiger partial charge in [0, 0.05) is 22.9 Å². The van der Waals surface area contributed by atoms with E-state index in [0.717, 1.165) is 62.3 Å². The number of aliphatic hydroxyl groups is 1. The van der Waals surface area contributed by atoms with Gasteiger partial charge in [-0.15, -0.1) is 5.69 Å². The van der Waals surface area contributed by atoms with Gasteiger partial charge in [0.2, 0.25) is 0 Å².